The lowest BCUT2D eigenvalue weighted by molar-refractivity contribution is -0.914. The second-order valence-electron chi connectivity index (χ2n) is 6.86. The Hall–Kier alpha value is -2.93. The number of hydrogen-bond donors (Lipinski definition) is 3. The van der Waals surface area contributed by atoms with Gasteiger partial charge in [-0.2, -0.15) is 0 Å². The van der Waals surface area contributed by atoms with Crippen LogP contribution in [0.5, 0.6) is 0 Å². The predicted molar refractivity (Wildman–Crippen MR) is 105 cm³/mol. The minimum Gasteiger partial charge on any atom is -0.326 e. The van der Waals surface area contributed by atoms with E-state index in [4.69, 9.17) is 0 Å². The Kier molecular flexibility index (Phi) is 6.03. The van der Waals surface area contributed by atoms with Gasteiger partial charge < -0.3 is 15.5 Å². The molecule has 0 radical (unpaired) electrons. The molecule has 7 nitrogen and oxygen atoms in total. The molecule has 27 heavy (non-hydrogen) atoms. The van der Waals surface area contributed by atoms with Crippen molar-refractivity contribution < 1.29 is 19.5 Å². The van der Waals surface area contributed by atoms with Crippen molar-refractivity contribution in [3.63, 3.8) is 0 Å². The van der Waals surface area contributed by atoms with E-state index in [9.17, 15) is 9.59 Å². The number of pyridine rings is 1. The maximum Gasteiger partial charge on any atom is 0.282 e. The number of H-pyrrole nitrogens is 1. The van der Waals surface area contributed by atoms with Crippen molar-refractivity contribution in [1.82, 2.24) is 0 Å². The molecule has 142 valence electrons. The van der Waals surface area contributed by atoms with Crippen LogP contribution in [0.4, 0.5) is 17.2 Å². The van der Waals surface area contributed by atoms with Gasteiger partial charge in [-0.1, -0.05) is 6.07 Å². The summed E-state index contributed by atoms with van der Waals surface area (Å²) in [6.45, 7) is 7.10. The third-order valence-electron chi connectivity index (χ3n) is 4.92. The Morgan fingerprint density at radius 2 is 1.67 bits per heavy atom. The minimum absolute atomic E-state index is 0.0111. The van der Waals surface area contributed by atoms with E-state index in [1.54, 1.807) is 24.3 Å². The number of carbonyl (C=O) groups excluding carboxylic acids is 2. The van der Waals surface area contributed by atoms with Gasteiger partial charge in [-0.3, -0.25) is 14.5 Å². The molecule has 0 aliphatic carbocycles. The monoisotopic (exact) mass is 369 g/mol. The molecule has 2 aromatic rings. The predicted octanol–water partition coefficient (Wildman–Crippen LogP) is 0.191. The highest BCUT2D eigenvalue weighted by molar-refractivity contribution is 5.94. The van der Waals surface area contributed by atoms with Crippen LogP contribution in [0.3, 0.4) is 0 Å². The van der Waals surface area contributed by atoms with Gasteiger partial charge in [0.25, 0.3) is 11.7 Å². The van der Waals surface area contributed by atoms with Gasteiger partial charge in [0.2, 0.25) is 5.91 Å². The molecular weight excluding hydrogens is 342 g/mol. The summed E-state index contributed by atoms with van der Waals surface area (Å²) in [6, 6.07) is 13.1. The third kappa shape index (κ3) is 5.04. The summed E-state index contributed by atoms with van der Waals surface area (Å²) in [7, 11) is 0. The first-order valence-electron chi connectivity index (χ1n) is 9.27. The summed E-state index contributed by atoms with van der Waals surface area (Å²) in [4.78, 5) is 30.5. The summed E-state index contributed by atoms with van der Waals surface area (Å²) < 4.78 is 0. The molecule has 1 aliphatic heterocycles. The van der Waals surface area contributed by atoms with Crippen molar-refractivity contribution in [2.24, 2.45) is 0 Å². The van der Waals surface area contributed by atoms with E-state index >= 15 is 0 Å². The molecule has 1 aromatic carbocycles. The number of benzene rings is 1. The van der Waals surface area contributed by atoms with Crippen LogP contribution in [-0.2, 0) is 9.59 Å². The lowest BCUT2D eigenvalue weighted by Gasteiger charge is -2.31. The van der Waals surface area contributed by atoms with Gasteiger partial charge in [-0.05, 0) is 37.3 Å². The number of aromatic amines is 1. The van der Waals surface area contributed by atoms with Crippen molar-refractivity contribution >= 4 is 29.0 Å². The zero-order chi connectivity index (χ0) is 19.2. The van der Waals surface area contributed by atoms with Gasteiger partial charge in [0.15, 0.2) is 6.04 Å². The first-order valence-corrected chi connectivity index (χ1v) is 9.27. The van der Waals surface area contributed by atoms with E-state index in [-0.39, 0.29) is 17.9 Å². The van der Waals surface area contributed by atoms with Crippen LogP contribution in [0.15, 0.2) is 48.7 Å². The molecule has 0 spiro atoms. The van der Waals surface area contributed by atoms with Crippen molar-refractivity contribution in [3.05, 3.63) is 48.7 Å². The van der Waals surface area contributed by atoms with Crippen molar-refractivity contribution in [1.29, 1.82) is 0 Å². The number of nitrogens with zero attached hydrogens (tertiary/aromatic N) is 1. The number of quaternary nitrogens is 1. The Balaban J connectivity index is 1.51. The standard InChI is InChI=1S/C20H25N5O2/c1-15(20(27)23-18-8-6-17(7-9-18)22-16(2)26)24-11-13-25(14-12-24)19-5-3-4-10-21-19/h3-10,15H,11-14H2,1-2H3,(H,22,26)(H,23,27)/p+2/t15-/m0/s1. The number of carbonyl (C=O) groups is 2. The van der Waals surface area contributed by atoms with Crippen molar-refractivity contribution in [2.75, 3.05) is 41.7 Å². The molecule has 0 bridgehead atoms. The number of nitrogens with one attached hydrogen (secondary N) is 4. The summed E-state index contributed by atoms with van der Waals surface area (Å²) >= 11 is 0. The fourth-order valence-corrected chi connectivity index (χ4v) is 3.32. The van der Waals surface area contributed by atoms with E-state index in [1.165, 1.54) is 11.8 Å². The molecular formula is C20H27N5O2+2. The molecule has 1 atom stereocenters. The Labute approximate surface area is 159 Å². The van der Waals surface area contributed by atoms with Crippen LogP contribution in [0.1, 0.15) is 13.8 Å². The lowest BCUT2D eigenvalue weighted by Crippen LogP contribution is -3.19. The maximum atomic E-state index is 12.6. The second-order valence-corrected chi connectivity index (χ2v) is 6.86. The van der Waals surface area contributed by atoms with Gasteiger partial charge >= 0.3 is 0 Å². The second kappa shape index (κ2) is 8.64. The van der Waals surface area contributed by atoms with Gasteiger partial charge in [-0.15, -0.1) is 0 Å². The highest BCUT2D eigenvalue weighted by atomic mass is 16.2. The minimum atomic E-state index is -0.123. The van der Waals surface area contributed by atoms with Crippen LogP contribution in [0.25, 0.3) is 0 Å². The first kappa shape index (κ1) is 18.8. The SMILES string of the molecule is CC(=O)Nc1ccc(NC(=O)[C@H](C)[NH+]2CCN(c3cccc[nH+]3)CC2)cc1. The molecule has 0 saturated carbocycles. The molecule has 0 unspecified atom stereocenters. The fraction of sp³-hybridized carbons (Fsp3) is 0.350. The normalized spacial score (nSPS) is 15.9. The van der Waals surface area contributed by atoms with E-state index < -0.39 is 0 Å². The molecule has 1 aromatic heterocycles. The van der Waals surface area contributed by atoms with Gasteiger partial charge in [0.05, 0.1) is 6.20 Å². The molecule has 1 aliphatic rings. The summed E-state index contributed by atoms with van der Waals surface area (Å²) in [6.07, 6.45) is 1.93. The summed E-state index contributed by atoms with van der Waals surface area (Å²) in [5, 5.41) is 5.68. The van der Waals surface area contributed by atoms with Crippen molar-refractivity contribution in [2.45, 2.75) is 19.9 Å². The highest BCUT2D eigenvalue weighted by Crippen LogP contribution is 2.13. The number of anilines is 3. The summed E-state index contributed by atoms with van der Waals surface area (Å²) in [5.74, 6) is 1.01. The van der Waals surface area contributed by atoms with Gasteiger partial charge in [0.1, 0.15) is 26.2 Å². The topological polar surface area (TPSA) is 80.0 Å². The number of piperazine rings is 1. The van der Waals surface area contributed by atoms with E-state index in [0.717, 1.165) is 37.7 Å². The highest BCUT2D eigenvalue weighted by Gasteiger charge is 2.32. The average Bonchev–Trinajstić information content (AvgIpc) is 2.69. The van der Waals surface area contributed by atoms with Crippen LogP contribution >= 0.6 is 0 Å². The molecule has 1 saturated heterocycles. The van der Waals surface area contributed by atoms with Crippen molar-refractivity contribution in [3.8, 4) is 0 Å². The van der Waals surface area contributed by atoms with E-state index in [2.05, 4.69) is 26.6 Å². The van der Waals surface area contributed by atoms with Gasteiger partial charge in [0, 0.05) is 24.4 Å². The van der Waals surface area contributed by atoms with Crippen LogP contribution in [0, 0.1) is 0 Å². The largest absolute Gasteiger partial charge is 0.326 e. The molecule has 4 N–H and O–H groups in total. The van der Waals surface area contributed by atoms with Crippen LogP contribution < -0.4 is 25.4 Å². The average molecular weight is 369 g/mol. The number of rotatable bonds is 5. The zero-order valence-corrected chi connectivity index (χ0v) is 15.8. The smallest absolute Gasteiger partial charge is 0.282 e. The van der Waals surface area contributed by atoms with Crippen LogP contribution in [-0.4, -0.2) is 44.0 Å². The molecule has 7 heteroatoms. The van der Waals surface area contributed by atoms with E-state index in [0.29, 0.717) is 5.69 Å². The molecule has 1 fully saturated rings. The Bertz CT molecular complexity index is 771. The van der Waals surface area contributed by atoms with Crippen LogP contribution in [0.2, 0.25) is 0 Å². The number of amides is 2. The molecule has 2 heterocycles. The molecule has 2 amide bonds. The summed E-state index contributed by atoms with van der Waals surface area (Å²) in [5.41, 5.74) is 1.45. The maximum absolute atomic E-state index is 12.6. The third-order valence-corrected chi connectivity index (χ3v) is 4.92. The van der Waals surface area contributed by atoms with E-state index in [1.807, 2.05) is 25.3 Å². The Morgan fingerprint density at radius 1 is 1.04 bits per heavy atom. The van der Waals surface area contributed by atoms with Gasteiger partial charge in [-0.25, -0.2) is 4.98 Å². The molecule has 3 rings (SSSR count). The number of aromatic nitrogens is 1. The number of hydrogen-bond acceptors (Lipinski definition) is 3. The Morgan fingerprint density at radius 3 is 2.22 bits per heavy atom. The zero-order valence-electron chi connectivity index (χ0n) is 15.8. The fourth-order valence-electron chi connectivity index (χ4n) is 3.32. The first-order chi connectivity index (χ1) is 13.0. The quantitative estimate of drug-likeness (QED) is 0.704. The lowest BCUT2D eigenvalue weighted by atomic mass is 10.2.